The Labute approximate surface area is 150 Å². The number of ether oxygens (including phenoxy) is 1. The number of aromatic amines is 1. The Balaban J connectivity index is 1.47. The quantitative estimate of drug-likeness (QED) is 0.755. The molecule has 0 radical (unpaired) electrons. The summed E-state index contributed by atoms with van der Waals surface area (Å²) in [6.07, 6.45) is 1.29. The number of aromatic nitrogens is 2. The van der Waals surface area contributed by atoms with Crippen molar-refractivity contribution in [3.05, 3.63) is 54.0 Å². The number of anilines is 2. The molecule has 26 heavy (non-hydrogen) atoms. The lowest BCUT2D eigenvalue weighted by molar-refractivity contribution is 0.102. The summed E-state index contributed by atoms with van der Waals surface area (Å²) in [7, 11) is 1.74. The molecule has 0 saturated carbocycles. The van der Waals surface area contributed by atoms with Crippen LogP contribution in [0.4, 0.5) is 15.8 Å². The molecule has 1 aromatic heterocycles. The van der Waals surface area contributed by atoms with Gasteiger partial charge in [0, 0.05) is 37.0 Å². The summed E-state index contributed by atoms with van der Waals surface area (Å²) in [5.74, 6) is -0.711. The number of carbonyl (C=O) groups excluding carboxylic acids is 1. The Bertz CT molecular complexity index is 938. The molecule has 1 aliphatic rings. The summed E-state index contributed by atoms with van der Waals surface area (Å²) in [5.41, 5.74) is 2.52. The van der Waals surface area contributed by atoms with Crippen LogP contribution in [0.15, 0.2) is 42.5 Å². The zero-order valence-corrected chi connectivity index (χ0v) is 14.3. The van der Waals surface area contributed by atoms with Gasteiger partial charge in [-0.3, -0.25) is 9.89 Å². The zero-order valence-electron chi connectivity index (χ0n) is 14.3. The minimum Gasteiger partial charge on any atom is -0.380 e. The Morgan fingerprint density at radius 1 is 1.31 bits per heavy atom. The van der Waals surface area contributed by atoms with Gasteiger partial charge in [-0.05, 0) is 48.9 Å². The van der Waals surface area contributed by atoms with Crippen molar-refractivity contribution in [2.75, 3.05) is 30.4 Å². The van der Waals surface area contributed by atoms with Gasteiger partial charge in [0.05, 0.1) is 11.6 Å². The number of halogens is 1. The van der Waals surface area contributed by atoms with E-state index >= 15 is 0 Å². The number of rotatable bonds is 4. The van der Waals surface area contributed by atoms with Crippen molar-refractivity contribution in [2.24, 2.45) is 0 Å². The highest BCUT2D eigenvalue weighted by Crippen LogP contribution is 2.24. The second kappa shape index (κ2) is 6.76. The lowest BCUT2D eigenvalue weighted by Gasteiger charge is -2.18. The molecule has 2 heterocycles. The van der Waals surface area contributed by atoms with E-state index in [-0.39, 0.29) is 23.5 Å². The van der Waals surface area contributed by atoms with Crippen molar-refractivity contribution < 1.29 is 13.9 Å². The summed E-state index contributed by atoms with van der Waals surface area (Å²) in [4.78, 5) is 14.7. The van der Waals surface area contributed by atoms with E-state index in [2.05, 4.69) is 20.4 Å². The number of amides is 1. The Kier molecular flexibility index (Phi) is 4.30. The Hall–Kier alpha value is -2.93. The molecule has 1 fully saturated rings. The largest absolute Gasteiger partial charge is 0.380 e. The van der Waals surface area contributed by atoms with E-state index < -0.39 is 0 Å². The number of carbonyl (C=O) groups is 1. The fourth-order valence-electron chi connectivity index (χ4n) is 3.27. The van der Waals surface area contributed by atoms with Crippen LogP contribution in [0, 0.1) is 5.82 Å². The molecule has 2 aromatic carbocycles. The third-order valence-corrected chi connectivity index (χ3v) is 4.71. The molecule has 1 unspecified atom stereocenters. The number of hydrogen-bond donors (Lipinski definition) is 2. The fourth-order valence-corrected chi connectivity index (χ4v) is 3.27. The molecule has 4 rings (SSSR count). The van der Waals surface area contributed by atoms with Crippen LogP contribution in [0.5, 0.6) is 0 Å². The average molecular weight is 354 g/mol. The first-order chi connectivity index (χ1) is 12.6. The molecule has 7 heteroatoms. The summed E-state index contributed by atoms with van der Waals surface area (Å²) in [6.45, 7) is 1.83. The van der Waals surface area contributed by atoms with Gasteiger partial charge in [-0.15, -0.1) is 0 Å². The monoisotopic (exact) mass is 354 g/mol. The van der Waals surface area contributed by atoms with E-state index in [4.69, 9.17) is 4.74 Å². The second-order valence-electron chi connectivity index (χ2n) is 6.36. The molecule has 1 amide bonds. The molecular formula is C19H19FN4O2. The van der Waals surface area contributed by atoms with Crippen LogP contribution in [0.25, 0.3) is 10.9 Å². The van der Waals surface area contributed by atoms with E-state index in [1.807, 2.05) is 24.3 Å². The van der Waals surface area contributed by atoms with Crippen molar-refractivity contribution >= 4 is 28.2 Å². The van der Waals surface area contributed by atoms with Gasteiger partial charge in [-0.1, -0.05) is 0 Å². The topological polar surface area (TPSA) is 70.2 Å². The van der Waals surface area contributed by atoms with Crippen LogP contribution in [0.1, 0.15) is 16.9 Å². The van der Waals surface area contributed by atoms with Crippen LogP contribution in [0.3, 0.4) is 0 Å². The number of benzene rings is 2. The number of fused-ring (bicyclic) bond motifs is 1. The molecule has 6 nitrogen and oxygen atoms in total. The van der Waals surface area contributed by atoms with E-state index in [1.165, 1.54) is 12.1 Å². The smallest absolute Gasteiger partial charge is 0.276 e. The molecule has 1 aliphatic heterocycles. The molecule has 0 bridgehead atoms. The molecule has 134 valence electrons. The fraction of sp³-hybridized carbons (Fsp3) is 0.263. The van der Waals surface area contributed by atoms with Gasteiger partial charge in [-0.2, -0.15) is 5.10 Å². The zero-order chi connectivity index (χ0) is 18.1. The first kappa shape index (κ1) is 16.5. The van der Waals surface area contributed by atoms with Gasteiger partial charge in [0.15, 0.2) is 5.69 Å². The SMILES string of the molecule is COC1CCN(c2ccc(NC(=O)c3n[nH]c4cc(F)ccc34)cc2)C1. The van der Waals surface area contributed by atoms with Crippen LogP contribution >= 0.6 is 0 Å². The molecular weight excluding hydrogens is 335 g/mol. The average Bonchev–Trinajstić information content (AvgIpc) is 3.28. The first-order valence-electron chi connectivity index (χ1n) is 8.47. The van der Waals surface area contributed by atoms with Gasteiger partial charge < -0.3 is 15.0 Å². The molecule has 1 atom stereocenters. The number of H-pyrrole nitrogens is 1. The van der Waals surface area contributed by atoms with Crippen molar-refractivity contribution in [3.63, 3.8) is 0 Å². The molecule has 2 N–H and O–H groups in total. The van der Waals surface area contributed by atoms with Crippen molar-refractivity contribution in [2.45, 2.75) is 12.5 Å². The third-order valence-electron chi connectivity index (χ3n) is 4.71. The number of nitrogens with one attached hydrogen (secondary N) is 2. The summed E-state index contributed by atoms with van der Waals surface area (Å²) in [5, 5.41) is 10.1. The standard InChI is InChI=1S/C19H19FN4O2/c1-26-15-8-9-24(11-15)14-5-3-13(4-6-14)21-19(25)18-16-7-2-12(20)10-17(16)22-23-18/h2-7,10,15H,8-9,11H2,1H3,(H,21,25)(H,22,23). The maximum absolute atomic E-state index is 13.2. The molecule has 0 aliphatic carbocycles. The minimum atomic E-state index is -0.374. The molecule has 3 aromatic rings. The number of hydrogen-bond acceptors (Lipinski definition) is 4. The van der Waals surface area contributed by atoms with E-state index in [0.29, 0.717) is 16.6 Å². The number of methoxy groups -OCH3 is 1. The molecule has 1 saturated heterocycles. The van der Waals surface area contributed by atoms with Gasteiger partial charge in [0.25, 0.3) is 5.91 Å². The Morgan fingerprint density at radius 2 is 2.12 bits per heavy atom. The maximum Gasteiger partial charge on any atom is 0.276 e. The first-order valence-corrected chi connectivity index (χ1v) is 8.47. The summed E-state index contributed by atoms with van der Waals surface area (Å²) >= 11 is 0. The normalized spacial score (nSPS) is 17.0. The Morgan fingerprint density at radius 3 is 2.85 bits per heavy atom. The minimum absolute atomic E-state index is 0.242. The van der Waals surface area contributed by atoms with Gasteiger partial charge in [0.1, 0.15) is 5.82 Å². The maximum atomic E-state index is 13.2. The third kappa shape index (κ3) is 3.13. The predicted molar refractivity (Wildman–Crippen MR) is 98.1 cm³/mol. The van der Waals surface area contributed by atoms with Crippen molar-refractivity contribution in [1.82, 2.24) is 10.2 Å². The van der Waals surface area contributed by atoms with Crippen LogP contribution in [0.2, 0.25) is 0 Å². The highest BCUT2D eigenvalue weighted by molar-refractivity contribution is 6.11. The van der Waals surface area contributed by atoms with E-state index in [0.717, 1.165) is 25.2 Å². The second-order valence-corrected chi connectivity index (χ2v) is 6.36. The number of nitrogens with zero attached hydrogens (tertiary/aromatic N) is 2. The van der Waals surface area contributed by atoms with Gasteiger partial charge in [-0.25, -0.2) is 4.39 Å². The highest BCUT2D eigenvalue weighted by Gasteiger charge is 2.22. The lowest BCUT2D eigenvalue weighted by atomic mass is 10.2. The molecule has 0 spiro atoms. The van der Waals surface area contributed by atoms with Crippen LogP contribution < -0.4 is 10.2 Å². The van der Waals surface area contributed by atoms with Gasteiger partial charge >= 0.3 is 0 Å². The highest BCUT2D eigenvalue weighted by atomic mass is 19.1. The van der Waals surface area contributed by atoms with Gasteiger partial charge in [0.2, 0.25) is 0 Å². The predicted octanol–water partition coefficient (Wildman–Crippen LogP) is 3.18. The van der Waals surface area contributed by atoms with Crippen molar-refractivity contribution in [3.8, 4) is 0 Å². The summed E-state index contributed by atoms with van der Waals surface area (Å²) < 4.78 is 18.6. The van der Waals surface area contributed by atoms with Crippen molar-refractivity contribution in [1.29, 1.82) is 0 Å². The van der Waals surface area contributed by atoms with E-state index in [9.17, 15) is 9.18 Å². The summed E-state index contributed by atoms with van der Waals surface area (Å²) in [6, 6.07) is 11.9. The van der Waals surface area contributed by atoms with E-state index in [1.54, 1.807) is 13.2 Å². The lowest BCUT2D eigenvalue weighted by Crippen LogP contribution is -2.22. The van der Waals surface area contributed by atoms with Crippen LogP contribution in [-0.2, 0) is 4.74 Å². The van der Waals surface area contributed by atoms with Crippen LogP contribution in [-0.4, -0.2) is 42.4 Å².